The molecule has 1 saturated carbocycles. The monoisotopic (exact) mass is 387 g/mol. The quantitative estimate of drug-likeness (QED) is 0.472. The van der Waals surface area contributed by atoms with E-state index in [9.17, 15) is 14.0 Å². The third kappa shape index (κ3) is 4.42. The number of anilines is 1. The molecule has 150 valence electrons. The molecule has 0 aromatic heterocycles. The van der Waals surface area contributed by atoms with Crippen LogP contribution >= 0.6 is 0 Å². The molecule has 2 amide bonds. The van der Waals surface area contributed by atoms with E-state index in [0.717, 1.165) is 23.3 Å². The van der Waals surface area contributed by atoms with Gasteiger partial charge in [0.2, 0.25) is 5.91 Å². The van der Waals surface area contributed by atoms with Crippen LogP contribution in [-0.4, -0.2) is 42.0 Å². The second kappa shape index (κ2) is 8.56. The average Bonchev–Trinajstić information content (AvgIpc) is 3.51. The van der Waals surface area contributed by atoms with Crippen LogP contribution in [0.25, 0.3) is 0 Å². The minimum atomic E-state index is -0.485. The number of carbonyl (C=O) groups excluding carboxylic acids is 2. The topological polar surface area (TPSA) is 81.7 Å². The summed E-state index contributed by atoms with van der Waals surface area (Å²) in [6.45, 7) is 4.36. The second-order valence-electron chi connectivity index (χ2n) is 7.23. The van der Waals surface area contributed by atoms with Gasteiger partial charge in [0.15, 0.2) is 0 Å². The van der Waals surface area contributed by atoms with Crippen LogP contribution in [0.1, 0.15) is 43.6 Å². The second-order valence-corrected chi connectivity index (χ2v) is 7.23. The van der Waals surface area contributed by atoms with Gasteiger partial charge in [0.25, 0.3) is 5.91 Å². The lowest BCUT2D eigenvalue weighted by Crippen LogP contribution is -2.35. The van der Waals surface area contributed by atoms with Gasteiger partial charge in [0.1, 0.15) is 5.82 Å². The van der Waals surface area contributed by atoms with Crippen LogP contribution in [0.4, 0.5) is 10.1 Å². The molecule has 3 rings (SSSR count). The zero-order chi connectivity index (χ0) is 20.3. The lowest BCUT2D eigenvalue weighted by atomic mass is 10.1. The molecule has 1 aliphatic carbocycles. The van der Waals surface area contributed by atoms with Gasteiger partial charge in [0, 0.05) is 38.0 Å². The van der Waals surface area contributed by atoms with Crippen LogP contribution in [0, 0.1) is 5.82 Å². The fourth-order valence-corrected chi connectivity index (χ4v) is 3.24. The van der Waals surface area contributed by atoms with Gasteiger partial charge in [0.05, 0.1) is 11.3 Å². The molecule has 7 heteroatoms. The lowest BCUT2D eigenvalue weighted by Gasteiger charge is -2.19. The van der Waals surface area contributed by atoms with Gasteiger partial charge in [-0.2, -0.15) is 0 Å². The van der Waals surface area contributed by atoms with E-state index < -0.39 is 5.91 Å². The number of hydrogen-bond donors (Lipinski definition) is 3. The number of nitrogens with zero attached hydrogens (tertiary/aromatic N) is 1. The molecule has 6 nitrogen and oxygen atoms in total. The minimum absolute atomic E-state index is 0.00925. The molecule has 0 radical (unpaired) electrons. The Hall–Kier alpha value is -2.67. The Kier molecular flexibility index (Phi) is 6.14. The summed E-state index contributed by atoms with van der Waals surface area (Å²) in [7, 11) is 1.43. The van der Waals surface area contributed by atoms with E-state index in [0.29, 0.717) is 30.3 Å². The molecule has 0 saturated heterocycles. The van der Waals surface area contributed by atoms with E-state index in [2.05, 4.69) is 17.2 Å². The number of imide groups is 1. The Morgan fingerprint density at radius 3 is 2.71 bits per heavy atom. The molecule has 0 bridgehead atoms. The van der Waals surface area contributed by atoms with Crippen molar-refractivity contribution in [2.45, 2.75) is 38.0 Å². The summed E-state index contributed by atoms with van der Waals surface area (Å²) < 4.78 is 14.6. The summed E-state index contributed by atoms with van der Waals surface area (Å²) in [5.74, 6) is -0.723. The number of aliphatic hydroxyl groups excluding tert-OH is 1. The fourth-order valence-electron chi connectivity index (χ4n) is 3.24. The number of aliphatic hydroxyl groups is 1. The maximum absolute atomic E-state index is 14.6. The summed E-state index contributed by atoms with van der Waals surface area (Å²) >= 11 is 0. The fraction of sp³-hybridized carbons (Fsp3) is 0.429. The maximum atomic E-state index is 14.6. The highest BCUT2D eigenvalue weighted by molar-refractivity contribution is 6.08. The predicted molar refractivity (Wildman–Crippen MR) is 105 cm³/mol. The highest BCUT2D eigenvalue weighted by Gasteiger charge is 2.30. The first-order valence-corrected chi connectivity index (χ1v) is 9.57. The third-order valence-electron chi connectivity index (χ3n) is 5.09. The van der Waals surface area contributed by atoms with Gasteiger partial charge in [-0.1, -0.05) is 12.6 Å². The number of benzene rings is 1. The highest BCUT2D eigenvalue weighted by Crippen LogP contribution is 2.41. The summed E-state index contributed by atoms with van der Waals surface area (Å²) in [6.07, 6.45) is 3.08. The molecule has 2 aliphatic rings. The standard InChI is InChI=1S/C21H26FN3O3/c1-13(23-10-3-11-26)20-18(8-9-19(27)25(2)21(20)28)24-17-7-6-15(12-16(17)22)14-4-5-14/h6-7,12,14,23-24,26H,1,3-5,8-11H2,2H3. The van der Waals surface area contributed by atoms with Gasteiger partial charge in [-0.05, 0) is 49.3 Å². The SMILES string of the molecule is C=C(NCCCO)C1=C(Nc2ccc(C3CC3)cc2F)CCC(=O)N(C)C1=O. The van der Waals surface area contributed by atoms with Crippen molar-refractivity contribution in [2.24, 2.45) is 0 Å². The molecule has 28 heavy (non-hydrogen) atoms. The number of hydrogen-bond acceptors (Lipinski definition) is 5. The van der Waals surface area contributed by atoms with E-state index in [-0.39, 0.29) is 42.4 Å². The number of amides is 2. The van der Waals surface area contributed by atoms with E-state index in [1.54, 1.807) is 6.07 Å². The average molecular weight is 387 g/mol. The van der Waals surface area contributed by atoms with Gasteiger partial charge in [-0.15, -0.1) is 0 Å². The van der Waals surface area contributed by atoms with Crippen LogP contribution in [-0.2, 0) is 9.59 Å². The van der Waals surface area contributed by atoms with E-state index in [1.165, 1.54) is 13.1 Å². The number of likely N-dealkylation sites (N-methyl/N-ethyl adjacent to an activating group) is 1. The molecule has 0 unspecified atom stereocenters. The minimum Gasteiger partial charge on any atom is -0.396 e. The zero-order valence-corrected chi connectivity index (χ0v) is 16.1. The van der Waals surface area contributed by atoms with Gasteiger partial charge in [-0.25, -0.2) is 4.39 Å². The summed E-state index contributed by atoms with van der Waals surface area (Å²) in [6, 6.07) is 5.11. The van der Waals surface area contributed by atoms with Crippen molar-refractivity contribution in [1.82, 2.24) is 10.2 Å². The Morgan fingerprint density at radius 2 is 2.07 bits per heavy atom. The molecule has 1 fully saturated rings. The molecule has 1 aromatic carbocycles. The smallest absolute Gasteiger partial charge is 0.264 e. The molecule has 3 N–H and O–H groups in total. The van der Waals surface area contributed by atoms with Gasteiger partial charge < -0.3 is 15.7 Å². The van der Waals surface area contributed by atoms with Crippen LogP contribution in [0.15, 0.2) is 41.7 Å². The molecule has 1 heterocycles. The van der Waals surface area contributed by atoms with Crippen LogP contribution in [0.5, 0.6) is 0 Å². The predicted octanol–water partition coefficient (Wildman–Crippen LogP) is 2.63. The van der Waals surface area contributed by atoms with Crippen LogP contribution in [0.3, 0.4) is 0 Å². The zero-order valence-electron chi connectivity index (χ0n) is 16.1. The largest absolute Gasteiger partial charge is 0.396 e. The van der Waals surface area contributed by atoms with Crippen molar-refractivity contribution in [3.05, 3.63) is 53.1 Å². The highest BCUT2D eigenvalue weighted by atomic mass is 19.1. The van der Waals surface area contributed by atoms with Crippen molar-refractivity contribution in [2.75, 3.05) is 25.5 Å². The molecule has 1 aliphatic heterocycles. The first-order valence-electron chi connectivity index (χ1n) is 9.57. The van der Waals surface area contributed by atoms with Crippen LogP contribution < -0.4 is 10.6 Å². The van der Waals surface area contributed by atoms with Gasteiger partial charge >= 0.3 is 0 Å². The molecule has 0 atom stereocenters. The summed E-state index contributed by atoms with van der Waals surface area (Å²) in [5.41, 5.74) is 2.29. The van der Waals surface area contributed by atoms with E-state index >= 15 is 0 Å². The normalized spacial score (nSPS) is 17.6. The third-order valence-corrected chi connectivity index (χ3v) is 5.09. The van der Waals surface area contributed by atoms with Crippen molar-refractivity contribution in [1.29, 1.82) is 0 Å². The number of rotatable bonds is 8. The first kappa shape index (κ1) is 20.1. The first-order chi connectivity index (χ1) is 13.4. The lowest BCUT2D eigenvalue weighted by molar-refractivity contribution is -0.140. The van der Waals surface area contributed by atoms with E-state index in [4.69, 9.17) is 5.11 Å². The molecule has 1 aromatic rings. The van der Waals surface area contributed by atoms with Crippen molar-refractivity contribution in [3.63, 3.8) is 0 Å². The van der Waals surface area contributed by atoms with E-state index in [1.807, 2.05) is 6.07 Å². The summed E-state index contributed by atoms with van der Waals surface area (Å²) in [4.78, 5) is 26.0. The molecule has 0 spiro atoms. The van der Waals surface area contributed by atoms with Crippen molar-refractivity contribution < 1.29 is 19.1 Å². The Bertz CT molecular complexity index is 830. The Morgan fingerprint density at radius 1 is 1.32 bits per heavy atom. The molecular weight excluding hydrogens is 361 g/mol. The number of allylic oxidation sites excluding steroid dienone is 1. The van der Waals surface area contributed by atoms with Gasteiger partial charge in [-0.3, -0.25) is 14.5 Å². The Balaban J connectivity index is 1.90. The summed E-state index contributed by atoms with van der Waals surface area (Å²) in [5, 5.41) is 15.0. The van der Waals surface area contributed by atoms with Crippen molar-refractivity contribution in [3.8, 4) is 0 Å². The van der Waals surface area contributed by atoms with Crippen LogP contribution in [0.2, 0.25) is 0 Å². The van der Waals surface area contributed by atoms with Crippen molar-refractivity contribution >= 4 is 17.5 Å². The number of halogens is 1. The number of carbonyl (C=O) groups is 2. The Labute approximate surface area is 164 Å². The number of nitrogens with one attached hydrogen (secondary N) is 2. The maximum Gasteiger partial charge on any atom is 0.264 e. The molecular formula is C21H26FN3O3.